The molecule has 0 spiro atoms. The van der Waals surface area contributed by atoms with E-state index in [1.807, 2.05) is 0 Å². The fourth-order valence-corrected chi connectivity index (χ4v) is 8.93. The number of fused-ring (bicyclic) bond motifs is 5. The highest BCUT2D eigenvalue weighted by molar-refractivity contribution is 5.93. The molecule has 3 aromatic heterocycles. The number of aromatic amines is 2. The van der Waals surface area contributed by atoms with Crippen molar-refractivity contribution in [3.63, 3.8) is 0 Å². The van der Waals surface area contributed by atoms with E-state index in [4.69, 9.17) is 9.47 Å². The van der Waals surface area contributed by atoms with Crippen LogP contribution in [0.5, 0.6) is 5.75 Å². The van der Waals surface area contributed by atoms with E-state index < -0.39 is 91.2 Å². The Kier molecular flexibility index (Phi) is 11.6. The Morgan fingerprint density at radius 1 is 0.844 bits per heavy atom. The Morgan fingerprint density at radius 3 is 2.00 bits per heavy atom. The second-order valence-electron chi connectivity index (χ2n) is 17.2. The van der Waals surface area contributed by atoms with E-state index in [9.17, 15) is 32.3 Å². The Bertz CT molecular complexity index is 2630. The maximum absolute atomic E-state index is 16.7. The number of imidazole rings is 2. The molecule has 4 N–H and O–H groups in total. The summed E-state index contributed by atoms with van der Waals surface area (Å²) in [6, 6.07) is 6.46. The summed E-state index contributed by atoms with van der Waals surface area (Å²) < 4.78 is 79.0. The van der Waals surface area contributed by atoms with Crippen LogP contribution in [0.4, 0.5) is 27.2 Å². The van der Waals surface area contributed by atoms with Crippen molar-refractivity contribution in [2.75, 3.05) is 27.3 Å². The molecular formula is C44H49F4N9O7. The summed E-state index contributed by atoms with van der Waals surface area (Å²) in [5, 5.41) is 5.28. The van der Waals surface area contributed by atoms with Crippen molar-refractivity contribution in [1.29, 1.82) is 0 Å². The highest BCUT2D eigenvalue weighted by Crippen LogP contribution is 2.47. The van der Waals surface area contributed by atoms with E-state index in [1.165, 1.54) is 18.2 Å². The standard InChI is InChI=1S/C44H49F4N9O7/c1-20(2)35(53-42(60)62-6)40(58)55-18-25(45)14-31(55)38-49-17-29(51-38)24-8-10-26-33(13-24)64-22(5)57-30-11-9-23(12-27(30)34(46)37(26)57)28-16-50-39(52-28)32-15-44(47,48)19-56(32)41(59)36(21(3)4)54-43(61)63-7/h8-13,16-17,20-22,25,31-32,35-36H,14-15,18-19H2,1-7H3,(H,49,51)(H,50,52)(H,53,60)(H,54,61). The number of amides is 4. The molecule has 0 aliphatic carbocycles. The molecule has 16 nitrogen and oxygen atoms in total. The number of hydrogen-bond acceptors (Lipinski definition) is 9. The van der Waals surface area contributed by atoms with Crippen LogP contribution in [-0.2, 0) is 19.1 Å². The summed E-state index contributed by atoms with van der Waals surface area (Å²) in [6.45, 7) is 7.66. The van der Waals surface area contributed by atoms with Gasteiger partial charge in [-0.25, -0.2) is 37.1 Å². The van der Waals surface area contributed by atoms with Gasteiger partial charge in [0, 0.05) is 34.9 Å². The number of methoxy groups -OCH3 is 2. The average Bonchev–Trinajstić information content (AvgIpc) is 4.11. The van der Waals surface area contributed by atoms with Gasteiger partial charge in [-0.05, 0) is 43.0 Å². The topological polar surface area (TPSA) is 189 Å². The van der Waals surface area contributed by atoms with Crippen LogP contribution in [0.15, 0.2) is 48.8 Å². The number of halogens is 4. The normalized spacial score (nSPS) is 21.1. The molecule has 8 rings (SSSR count). The smallest absolute Gasteiger partial charge is 0.407 e. The van der Waals surface area contributed by atoms with E-state index in [-0.39, 0.29) is 30.1 Å². The predicted molar refractivity (Wildman–Crippen MR) is 224 cm³/mol. The van der Waals surface area contributed by atoms with Gasteiger partial charge in [0.2, 0.25) is 11.8 Å². The number of alkyl halides is 3. The molecule has 4 amide bonds. The Hall–Kier alpha value is -6.60. The zero-order valence-corrected chi connectivity index (χ0v) is 36.2. The van der Waals surface area contributed by atoms with Crippen LogP contribution in [0.1, 0.15) is 77.4 Å². The van der Waals surface area contributed by atoms with Gasteiger partial charge in [-0.1, -0.05) is 39.8 Å². The number of nitrogens with zero attached hydrogens (tertiary/aromatic N) is 5. The molecule has 6 atom stereocenters. The molecule has 5 aromatic rings. The summed E-state index contributed by atoms with van der Waals surface area (Å²) in [5.41, 5.74) is 3.45. The van der Waals surface area contributed by atoms with Gasteiger partial charge in [0.05, 0.1) is 74.4 Å². The second-order valence-corrected chi connectivity index (χ2v) is 17.2. The third-order valence-corrected chi connectivity index (χ3v) is 12.2. The molecule has 3 aliphatic rings. The van der Waals surface area contributed by atoms with Crippen LogP contribution in [0, 0.1) is 17.7 Å². The van der Waals surface area contributed by atoms with Gasteiger partial charge >= 0.3 is 12.2 Å². The zero-order chi connectivity index (χ0) is 45.9. The number of likely N-dealkylation sites (tertiary alicyclic amines) is 2. The Morgan fingerprint density at radius 2 is 1.41 bits per heavy atom. The third kappa shape index (κ3) is 7.97. The predicted octanol–water partition coefficient (Wildman–Crippen LogP) is 7.42. The number of benzene rings is 2. The van der Waals surface area contributed by atoms with Gasteiger partial charge in [-0.3, -0.25) is 9.59 Å². The number of alkyl carbamates (subject to hydrolysis) is 2. The van der Waals surface area contributed by atoms with E-state index >= 15 is 4.39 Å². The lowest BCUT2D eigenvalue weighted by Crippen LogP contribution is -2.51. The van der Waals surface area contributed by atoms with E-state index in [1.54, 1.807) is 81.8 Å². The molecule has 20 heteroatoms. The quantitative estimate of drug-likeness (QED) is 0.104. The minimum absolute atomic E-state index is 0.00909. The first kappa shape index (κ1) is 44.0. The van der Waals surface area contributed by atoms with Crippen molar-refractivity contribution in [3.8, 4) is 39.5 Å². The minimum Gasteiger partial charge on any atom is -0.470 e. The van der Waals surface area contributed by atoms with Crippen molar-refractivity contribution < 1.29 is 51.0 Å². The molecule has 2 aromatic carbocycles. The fourth-order valence-electron chi connectivity index (χ4n) is 8.93. The van der Waals surface area contributed by atoms with Gasteiger partial charge in [-0.2, -0.15) is 0 Å². The van der Waals surface area contributed by atoms with Crippen molar-refractivity contribution in [2.45, 2.75) is 89.9 Å². The van der Waals surface area contributed by atoms with E-state index in [0.717, 1.165) is 12.0 Å². The van der Waals surface area contributed by atoms with Crippen LogP contribution >= 0.6 is 0 Å². The Balaban J connectivity index is 1.05. The van der Waals surface area contributed by atoms with Crippen molar-refractivity contribution in [1.82, 2.24) is 44.9 Å². The van der Waals surface area contributed by atoms with Crippen LogP contribution in [-0.4, -0.2) is 110 Å². The summed E-state index contributed by atoms with van der Waals surface area (Å²) in [5.74, 6) is -4.74. The largest absolute Gasteiger partial charge is 0.470 e. The molecular weight excluding hydrogens is 843 g/mol. The molecule has 3 aliphatic heterocycles. The summed E-state index contributed by atoms with van der Waals surface area (Å²) >= 11 is 0. The highest BCUT2D eigenvalue weighted by atomic mass is 19.3. The van der Waals surface area contributed by atoms with Gasteiger partial charge in [0.1, 0.15) is 35.7 Å². The third-order valence-electron chi connectivity index (χ3n) is 12.2. The average molecular weight is 892 g/mol. The van der Waals surface area contributed by atoms with Crippen LogP contribution in [0.2, 0.25) is 0 Å². The molecule has 0 bridgehead atoms. The summed E-state index contributed by atoms with van der Waals surface area (Å²) in [7, 11) is 2.34. The van der Waals surface area contributed by atoms with Gasteiger partial charge in [0.25, 0.3) is 5.92 Å². The van der Waals surface area contributed by atoms with Crippen LogP contribution < -0.4 is 15.4 Å². The van der Waals surface area contributed by atoms with Crippen molar-refractivity contribution >= 4 is 34.9 Å². The Labute approximate surface area is 365 Å². The van der Waals surface area contributed by atoms with E-state index in [2.05, 4.69) is 35.3 Å². The van der Waals surface area contributed by atoms with Crippen molar-refractivity contribution in [2.24, 2.45) is 11.8 Å². The molecule has 6 unspecified atom stereocenters. The van der Waals surface area contributed by atoms with Gasteiger partial charge in [0.15, 0.2) is 12.0 Å². The number of rotatable bonds is 10. The SMILES string of the molecule is COC(=O)NC(C(=O)N1CC(F)CC1c1ncc(-c2ccc3c(c2)OC(C)n2c-3c(F)c3cc(-c4cnc(C5CC(F)(F)CN5C(=O)C(NC(=O)OC)C(C)C)[nH]4)ccc32)[nH]1)C(C)C. The maximum Gasteiger partial charge on any atom is 0.407 e. The van der Waals surface area contributed by atoms with Gasteiger partial charge < -0.3 is 49.2 Å². The van der Waals surface area contributed by atoms with Crippen molar-refractivity contribution in [3.05, 3.63) is 66.3 Å². The van der Waals surface area contributed by atoms with Crippen LogP contribution in [0.25, 0.3) is 44.7 Å². The minimum atomic E-state index is -3.21. The number of carbonyl (C=O) groups is 4. The molecule has 64 heavy (non-hydrogen) atoms. The maximum atomic E-state index is 16.7. The first-order valence-electron chi connectivity index (χ1n) is 21.0. The molecule has 0 saturated carbocycles. The molecule has 2 fully saturated rings. The number of ether oxygens (including phenoxy) is 3. The number of aromatic nitrogens is 5. The summed E-state index contributed by atoms with van der Waals surface area (Å²) in [4.78, 5) is 68.9. The molecule has 340 valence electrons. The second kappa shape index (κ2) is 16.8. The monoisotopic (exact) mass is 891 g/mol. The highest BCUT2D eigenvalue weighted by Gasteiger charge is 2.50. The lowest BCUT2D eigenvalue weighted by molar-refractivity contribution is -0.137. The summed E-state index contributed by atoms with van der Waals surface area (Å²) in [6.07, 6.45) is -1.24. The fraction of sp³-hybridized carbons (Fsp3) is 0.455. The van der Waals surface area contributed by atoms with E-state index in [0.29, 0.717) is 50.9 Å². The molecule has 0 radical (unpaired) electrons. The lowest BCUT2D eigenvalue weighted by Gasteiger charge is -2.29. The zero-order valence-electron chi connectivity index (χ0n) is 36.2. The first-order chi connectivity index (χ1) is 30.4. The number of nitrogens with one attached hydrogen (secondary N) is 4. The molecule has 6 heterocycles. The van der Waals surface area contributed by atoms with Crippen LogP contribution in [0.3, 0.4) is 0 Å². The number of H-pyrrole nitrogens is 2. The molecule has 2 saturated heterocycles. The van der Waals surface area contributed by atoms with Gasteiger partial charge in [-0.15, -0.1) is 0 Å². The number of hydrogen-bond donors (Lipinski definition) is 4. The lowest BCUT2D eigenvalue weighted by atomic mass is 10.0. The first-order valence-corrected chi connectivity index (χ1v) is 21.0. The number of carbonyl (C=O) groups excluding carboxylic acids is 4.